The Morgan fingerprint density at radius 2 is 2.11 bits per heavy atom. The number of nitrogens with zero attached hydrogens (tertiary/aromatic N) is 1. The standard InChI is InChI=1S/C15H17NO2/c17-13-9-15(7-8-16(10-15)11-5-6-11)18-14-4-2-1-3-12(13)14/h1-4,11H,5-10H2. The molecule has 1 aliphatic carbocycles. The Kier molecular flexibility index (Phi) is 2.10. The molecule has 0 radical (unpaired) electrons. The van der Waals surface area contributed by atoms with E-state index in [2.05, 4.69) is 4.90 Å². The number of carbonyl (C=O) groups is 1. The SMILES string of the molecule is O=C1CC2(CCN(C3CC3)C2)Oc2ccccc21. The van der Waals surface area contributed by atoms with Gasteiger partial charge in [-0.3, -0.25) is 9.69 Å². The van der Waals surface area contributed by atoms with Gasteiger partial charge in [0.2, 0.25) is 0 Å². The molecule has 0 aromatic heterocycles. The summed E-state index contributed by atoms with van der Waals surface area (Å²) in [6.07, 6.45) is 4.18. The summed E-state index contributed by atoms with van der Waals surface area (Å²) in [4.78, 5) is 14.7. The highest BCUT2D eigenvalue weighted by molar-refractivity contribution is 6.00. The molecule has 2 heterocycles. The number of fused-ring (bicyclic) bond motifs is 1. The molecule has 0 amide bonds. The number of likely N-dealkylation sites (tertiary alicyclic amines) is 1. The topological polar surface area (TPSA) is 29.5 Å². The molecule has 0 N–H and O–H groups in total. The second kappa shape index (κ2) is 3.58. The molecule has 94 valence electrons. The van der Waals surface area contributed by atoms with Crippen molar-refractivity contribution in [2.45, 2.75) is 37.3 Å². The van der Waals surface area contributed by atoms with Crippen LogP contribution < -0.4 is 4.74 Å². The van der Waals surface area contributed by atoms with Crippen LogP contribution in [0.15, 0.2) is 24.3 Å². The molecule has 1 unspecified atom stereocenters. The van der Waals surface area contributed by atoms with Crippen molar-refractivity contribution >= 4 is 5.78 Å². The van der Waals surface area contributed by atoms with E-state index in [1.54, 1.807) is 0 Å². The maximum Gasteiger partial charge on any atom is 0.170 e. The molecule has 3 aliphatic rings. The molecule has 1 saturated heterocycles. The minimum absolute atomic E-state index is 0.242. The number of hydrogen-bond acceptors (Lipinski definition) is 3. The van der Waals surface area contributed by atoms with Gasteiger partial charge in [-0.05, 0) is 25.0 Å². The van der Waals surface area contributed by atoms with E-state index in [-0.39, 0.29) is 11.4 Å². The number of para-hydroxylation sites is 1. The van der Waals surface area contributed by atoms with E-state index in [0.29, 0.717) is 6.42 Å². The highest BCUT2D eigenvalue weighted by Crippen LogP contribution is 2.41. The van der Waals surface area contributed by atoms with E-state index < -0.39 is 0 Å². The Balaban J connectivity index is 1.63. The second-order valence-corrected chi connectivity index (χ2v) is 5.83. The molecule has 4 rings (SSSR count). The predicted molar refractivity (Wildman–Crippen MR) is 68.0 cm³/mol. The lowest BCUT2D eigenvalue weighted by atomic mass is 9.89. The number of Topliss-reactive ketones (excluding diaryl/α,β-unsaturated/α-hetero) is 1. The molecule has 1 aromatic rings. The average Bonchev–Trinajstić information content (AvgIpc) is 3.14. The summed E-state index contributed by atoms with van der Waals surface area (Å²) in [6.45, 7) is 2.01. The average molecular weight is 243 g/mol. The van der Waals surface area contributed by atoms with Crippen LogP contribution in [0.5, 0.6) is 5.75 Å². The van der Waals surface area contributed by atoms with Crippen LogP contribution in [-0.4, -0.2) is 35.4 Å². The van der Waals surface area contributed by atoms with Gasteiger partial charge in [0.25, 0.3) is 0 Å². The first-order chi connectivity index (χ1) is 8.76. The van der Waals surface area contributed by atoms with Crippen molar-refractivity contribution in [1.29, 1.82) is 0 Å². The third kappa shape index (κ3) is 1.57. The van der Waals surface area contributed by atoms with Gasteiger partial charge in [-0.1, -0.05) is 12.1 Å². The maximum atomic E-state index is 12.2. The molecular weight excluding hydrogens is 226 g/mol. The first-order valence-corrected chi connectivity index (χ1v) is 6.81. The Bertz CT molecular complexity index is 509. The minimum Gasteiger partial charge on any atom is -0.485 e. The lowest BCUT2D eigenvalue weighted by molar-refractivity contribution is 0.0454. The summed E-state index contributed by atoms with van der Waals surface area (Å²) in [5.41, 5.74) is 0.515. The van der Waals surface area contributed by atoms with Crippen LogP contribution in [0.25, 0.3) is 0 Å². The smallest absolute Gasteiger partial charge is 0.170 e. The third-order valence-electron chi connectivity index (χ3n) is 4.41. The first-order valence-electron chi connectivity index (χ1n) is 6.81. The molecule has 18 heavy (non-hydrogen) atoms. The van der Waals surface area contributed by atoms with Crippen molar-refractivity contribution in [2.24, 2.45) is 0 Å². The van der Waals surface area contributed by atoms with E-state index in [1.807, 2.05) is 24.3 Å². The lowest BCUT2D eigenvalue weighted by Gasteiger charge is -2.34. The normalized spacial score (nSPS) is 31.4. The van der Waals surface area contributed by atoms with Gasteiger partial charge >= 0.3 is 0 Å². The van der Waals surface area contributed by atoms with Crippen LogP contribution in [0.2, 0.25) is 0 Å². The third-order valence-corrected chi connectivity index (χ3v) is 4.41. The summed E-state index contributed by atoms with van der Waals surface area (Å²) in [5.74, 6) is 1.03. The number of rotatable bonds is 1. The Labute approximate surface area is 107 Å². The number of carbonyl (C=O) groups excluding carboxylic acids is 1. The van der Waals surface area contributed by atoms with E-state index >= 15 is 0 Å². The summed E-state index contributed by atoms with van der Waals surface area (Å²) >= 11 is 0. The van der Waals surface area contributed by atoms with E-state index in [1.165, 1.54) is 12.8 Å². The molecule has 1 spiro atoms. The zero-order valence-corrected chi connectivity index (χ0v) is 10.4. The van der Waals surface area contributed by atoms with E-state index in [9.17, 15) is 4.79 Å². The monoisotopic (exact) mass is 243 g/mol. The molecule has 3 nitrogen and oxygen atoms in total. The number of ketones is 1. The number of ether oxygens (including phenoxy) is 1. The Hall–Kier alpha value is -1.35. The van der Waals surface area contributed by atoms with Gasteiger partial charge in [0.05, 0.1) is 12.0 Å². The largest absolute Gasteiger partial charge is 0.485 e. The zero-order chi connectivity index (χ0) is 12.2. The summed E-state index contributed by atoms with van der Waals surface area (Å²) in [7, 11) is 0. The molecular formula is C15H17NO2. The molecule has 2 aliphatic heterocycles. The van der Waals surface area contributed by atoms with Gasteiger partial charge in [-0.15, -0.1) is 0 Å². The first kappa shape index (κ1) is 10.6. The summed E-state index contributed by atoms with van der Waals surface area (Å²) in [6, 6.07) is 8.41. The van der Waals surface area contributed by atoms with Gasteiger partial charge in [-0.25, -0.2) is 0 Å². The highest BCUT2D eigenvalue weighted by atomic mass is 16.5. The number of hydrogen-bond donors (Lipinski definition) is 0. The van der Waals surface area contributed by atoms with Gasteiger partial charge in [0.15, 0.2) is 5.78 Å². The van der Waals surface area contributed by atoms with Gasteiger partial charge in [-0.2, -0.15) is 0 Å². The fourth-order valence-electron chi connectivity index (χ4n) is 3.30. The fourth-order valence-corrected chi connectivity index (χ4v) is 3.30. The fraction of sp³-hybridized carbons (Fsp3) is 0.533. The van der Waals surface area contributed by atoms with E-state index in [0.717, 1.165) is 36.9 Å². The van der Waals surface area contributed by atoms with Gasteiger partial charge < -0.3 is 4.74 Å². The van der Waals surface area contributed by atoms with Crippen molar-refractivity contribution in [3.63, 3.8) is 0 Å². The van der Waals surface area contributed by atoms with Crippen LogP contribution >= 0.6 is 0 Å². The van der Waals surface area contributed by atoms with Crippen LogP contribution in [0.3, 0.4) is 0 Å². The van der Waals surface area contributed by atoms with Crippen molar-refractivity contribution in [3.8, 4) is 5.75 Å². The predicted octanol–water partition coefficient (Wildman–Crippen LogP) is 2.26. The maximum absolute atomic E-state index is 12.2. The van der Waals surface area contributed by atoms with Gasteiger partial charge in [0, 0.05) is 25.6 Å². The van der Waals surface area contributed by atoms with Crippen molar-refractivity contribution in [3.05, 3.63) is 29.8 Å². The Morgan fingerprint density at radius 3 is 2.94 bits per heavy atom. The molecule has 1 aromatic carbocycles. The second-order valence-electron chi connectivity index (χ2n) is 5.83. The minimum atomic E-state index is -0.242. The van der Waals surface area contributed by atoms with Crippen LogP contribution in [-0.2, 0) is 0 Å². The summed E-state index contributed by atoms with van der Waals surface area (Å²) < 4.78 is 6.20. The lowest BCUT2D eigenvalue weighted by Crippen LogP contribution is -2.44. The molecule has 1 atom stereocenters. The summed E-state index contributed by atoms with van der Waals surface area (Å²) in [5, 5.41) is 0. The van der Waals surface area contributed by atoms with Crippen LogP contribution in [0, 0.1) is 0 Å². The van der Waals surface area contributed by atoms with Gasteiger partial charge in [0.1, 0.15) is 11.4 Å². The molecule has 0 bridgehead atoms. The number of benzene rings is 1. The van der Waals surface area contributed by atoms with Crippen molar-refractivity contribution in [1.82, 2.24) is 4.90 Å². The molecule has 1 saturated carbocycles. The molecule has 2 fully saturated rings. The van der Waals surface area contributed by atoms with Crippen LogP contribution in [0.1, 0.15) is 36.0 Å². The van der Waals surface area contributed by atoms with Crippen LogP contribution in [0.4, 0.5) is 0 Å². The van der Waals surface area contributed by atoms with Crippen molar-refractivity contribution in [2.75, 3.05) is 13.1 Å². The Morgan fingerprint density at radius 1 is 1.28 bits per heavy atom. The highest BCUT2D eigenvalue weighted by Gasteiger charge is 2.48. The zero-order valence-electron chi connectivity index (χ0n) is 10.4. The molecule has 3 heteroatoms. The quantitative estimate of drug-likeness (QED) is 0.757. The van der Waals surface area contributed by atoms with E-state index in [4.69, 9.17) is 4.74 Å². The van der Waals surface area contributed by atoms with Crippen molar-refractivity contribution < 1.29 is 9.53 Å².